The summed E-state index contributed by atoms with van der Waals surface area (Å²) in [5, 5.41) is 2.51. The number of alkyl carbamates (subject to hydrolysis) is 1. The van der Waals surface area contributed by atoms with E-state index in [4.69, 9.17) is 9.29 Å². The van der Waals surface area contributed by atoms with Crippen LogP contribution in [0.25, 0.3) is 0 Å². The molecule has 2 N–H and O–H groups in total. The van der Waals surface area contributed by atoms with Crippen molar-refractivity contribution < 1.29 is 22.5 Å². The van der Waals surface area contributed by atoms with Crippen LogP contribution in [0, 0.1) is 0 Å². The van der Waals surface area contributed by atoms with Crippen LogP contribution in [0.1, 0.15) is 50.7 Å². The van der Waals surface area contributed by atoms with Crippen LogP contribution in [-0.4, -0.2) is 31.4 Å². The standard InChI is InChI=1S/C16H25NO5S/c1-2-3-5-11-15(14-9-6-4-7-10-14)22-16(18)17-12-8-13-23(19,20)21/h4,6-7,9-10,15H,2-3,5,8,11-13H2,1H3,(H,17,18)(H,19,20,21). The van der Waals surface area contributed by atoms with Gasteiger partial charge < -0.3 is 10.1 Å². The summed E-state index contributed by atoms with van der Waals surface area (Å²) in [6, 6.07) is 9.54. The first-order valence-corrected chi connectivity index (χ1v) is 9.48. The molecule has 23 heavy (non-hydrogen) atoms. The van der Waals surface area contributed by atoms with E-state index in [1.54, 1.807) is 0 Å². The molecule has 0 radical (unpaired) electrons. The lowest BCUT2D eigenvalue weighted by Crippen LogP contribution is -2.28. The molecule has 0 bridgehead atoms. The van der Waals surface area contributed by atoms with Gasteiger partial charge in [-0.25, -0.2) is 4.79 Å². The first-order valence-electron chi connectivity index (χ1n) is 7.87. The summed E-state index contributed by atoms with van der Waals surface area (Å²) in [6.07, 6.45) is 3.11. The second kappa shape index (κ2) is 10.2. The minimum atomic E-state index is -4.00. The molecule has 6 nitrogen and oxygen atoms in total. The third kappa shape index (κ3) is 9.20. The van der Waals surface area contributed by atoms with E-state index < -0.39 is 16.2 Å². The van der Waals surface area contributed by atoms with E-state index in [1.165, 1.54) is 0 Å². The quantitative estimate of drug-likeness (QED) is 0.502. The van der Waals surface area contributed by atoms with E-state index in [0.717, 1.165) is 31.2 Å². The van der Waals surface area contributed by atoms with Crippen molar-refractivity contribution in [3.05, 3.63) is 35.9 Å². The lowest BCUT2D eigenvalue weighted by molar-refractivity contribution is 0.0909. The van der Waals surface area contributed by atoms with Crippen molar-refractivity contribution >= 4 is 16.2 Å². The first kappa shape index (κ1) is 19.4. The Morgan fingerprint density at radius 3 is 2.52 bits per heavy atom. The lowest BCUT2D eigenvalue weighted by atomic mass is 10.0. The molecule has 0 fully saturated rings. The van der Waals surface area contributed by atoms with Gasteiger partial charge in [0.05, 0.1) is 5.75 Å². The highest BCUT2D eigenvalue weighted by atomic mass is 32.2. The van der Waals surface area contributed by atoms with E-state index in [2.05, 4.69) is 12.2 Å². The van der Waals surface area contributed by atoms with Crippen molar-refractivity contribution in [2.45, 2.75) is 45.1 Å². The molecule has 0 saturated carbocycles. The van der Waals surface area contributed by atoms with Crippen LogP contribution < -0.4 is 5.32 Å². The molecule has 0 saturated heterocycles. The molecule has 1 aromatic rings. The van der Waals surface area contributed by atoms with E-state index in [-0.39, 0.29) is 24.8 Å². The molecule has 1 rings (SSSR count). The monoisotopic (exact) mass is 343 g/mol. The van der Waals surface area contributed by atoms with Crippen LogP contribution in [0.5, 0.6) is 0 Å². The summed E-state index contributed by atoms with van der Waals surface area (Å²) >= 11 is 0. The van der Waals surface area contributed by atoms with Crippen molar-refractivity contribution in [2.24, 2.45) is 0 Å². The van der Waals surface area contributed by atoms with Gasteiger partial charge in [-0.1, -0.05) is 50.1 Å². The molecule has 0 spiro atoms. The summed E-state index contributed by atoms with van der Waals surface area (Å²) in [4.78, 5) is 11.8. The third-order valence-electron chi connectivity index (χ3n) is 3.34. The highest BCUT2D eigenvalue weighted by Gasteiger charge is 2.16. The normalized spacial score (nSPS) is 12.6. The Bertz CT molecular complexity index is 559. The van der Waals surface area contributed by atoms with Gasteiger partial charge >= 0.3 is 6.09 Å². The molecule has 1 atom stereocenters. The summed E-state index contributed by atoms with van der Waals surface area (Å²) in [7, 11) is -4.00. The van der Waals surface area contributed by atoms with Crippen LogP contribution >= 0.6 is 0 Å². The fourth-order valence-corrected chi connectivity index (χ4v) is 2.67. The Hall–Kier alpha value is -1.60. The van der Waals surface area contributed by atoms with Gasteiger partial charge in [0.2, 0.25) is 0 Å². The highest BCUT2D eigenvalue weighted by molar-refractivity contribution is 7.85. The Balaban J connectivity index is 2.47. The Labute approximate surface area is 138 Å². The molecular weight excluding hydrogens is 318 g/mol. The van der Waals surface area contributed by atoms with E-state index in [9.17, 15) is 13.2 Å². The predicted molar refractivity (Wildman–Crippen MR) is 88.8 cm³/mol. The second-order valence-corrected chi connectivity index (χ2v) is 6.94. The molecule has 0 aliphatic rings. The zero-order chi connectivity index (χ0) is 17.1. The maximum atomic E-state index is 11.8. The van der Waals surface area contributed by atoms with Crippen LogP contribution in [0.3, 0.4) is 0 Å². The van der Waals surface area contributed by atoms with Crippen molar-refractivity contribution in [2.75, 3.05) is 12.3 Å². The van der Waals surface area contributed by atoms with Crippen LogP contribution in [0.15, 0.2) is 30.3 Å². The van der Waals surface area contributed by atoms with Gasteiger partial charge in [0.15, 0.2) is 0 Å². The van der Waals surface area contributed by atoms with Crippen molar-refractivity contribution in [1.29, 1.82) is 0 Å². The Kier molecular flexibility index (Phi) is 8.65. The van der Waals surface area contributed by atoms with Gasteiger partial charge in [-0.2, -0.15) is 8.42 Å². The summed E-state index contributed by atoms with van der Waals surface area (Å²) in [6.45, 7) is 2.25. The van der Waals surface area contributed by atoms with Gasteiger partial charge in [0.25, 0.3) is 10.1 Å². The number of ether oxygens (including phenoxy) is 1. The number of nitrogens with one attached hydrogen (secondary N) is 1. The van der Waals surface area contributed by atoms with Gasteiger partial charge in [0, 0.05) is 6.54 Å². The summed E-state index contributed by atoms with van der Waals surface area (Å²) < 4.78 is 35.3. The number of benzene rings is 1. The van der Waals surface area contributed by atoms with Gasteiger partial charge in [-0.3, -0.25) is 4.55 Å². The topological polar surface area (TPSA) is 92.7 Å². The number of carbonyl (C=O) groups excluding carboxylic acids is 1. The maximum absolute atomic E-state index is 11.8. The highest BCUT2D eigenvalue weighted by Crippen LogP contribution is 2.23. The van der Waals surface area contributed by atoms with Crippen molar-refractivity contribution in [1.82, 2.24) is 5.32 Å². The lowest BCUT2D eigenvalue weighted by Gasteiger charge is -2.18. The molecule has 0 heterocycles. The SMILES string of the molecule is CCCCCC(OC(=O)NCCCS(=O)(=O)O)c1ccccc1. The predicted octanol–water partition coefficient (Wildman–Crippen LogP) is 3.31. The van der Waals surface area contributed by atoms with Crippen molar-refractivity contribution in [3.8, 4) is 0 Å². The zero-order valence-electron chi connectivity index (χ0n) is 13.4. The Morgan fingerprint density at radius 1 is 1.22 bits per heavy atom. The van der Waals surface area contributed by atoms with E-state index in [1.807, 2.05) is 30.3 Å². The molecule has 7 heteroatoms. The average molecular weight is 343 g/mol. The smallest absolute Gasteiger partial charge is 0.407 e. The number of carbonyl (C=O) groups is 1. The largest absolute Gasteiger partial charge is 0.441 e. The number of amides is 1. The van der Waals surface area contributed by atoms with E-state index >= 15 is 0 Å². The molecule has 0 aromatic heterocycles. The molecule has 0 aliphatic carbocycles. The molecule has 130 valence electrons. The fraction of sp³-hybridized carbons (Fsp3) is 0.562. The molecule has 1 aromatic carbocycles. The number of unbranched alkanes of at least 4 members (excludes halogenated alkanes) is 2. The summed E-state index contributed by atoms with van der Waals surface area (Å²) in [5.74, 6) is -0.383. The van der Waals surface area contributed by atoms with Gasteiger partial charge in [-0.05, 0) is 24.8 Å². The second-order valence-electron chi connectivity index (χ2n) is 5.37. The van der Waals surface area contributed by atoms with Gasteiger partial charge in [0.1, 0.15) is 6.10 Å². The van der Waals surface area contributed by atoms with Crippen molar-refractivity contribution in [3.63, 3.8) is 0 Å². The minimum Gasteiger partial charge on any atom is -0.441 e. The molecule has 1 amide bonds. The molecule has 0 aliphatic heterocycles. The van der Waals surface area contributed by atoms with Crippen LogP contribution in [0.4, 0.5) is 4.79 Å². The number of rotatable bonds is 10. The number of hydrogen-bond donors (Lipinski definition) is 2. The summed E-state index contributed by atoms with van der Waals surface area (Å²) in [5.41, 5.74) is 0.941. The van der Waals surface area contributed by atoms with Gasteiger partial charge in [-0.15, -0.1) is 0 Å². The first-order chi connectivity index (χ1) is 10.9. The number of hydrogen-bond acceptors (Lipinski definition) is 4. The third-order valence-corrected chi connectivity index (χ3v) is 4.14. The molecular formula is C16H25NO5S. The molecule has 1 unspecified atom stereocenters. The minimum absolute atomic E-state index is 0.134. The van der Waals surface area contributed by atoms with Crippen LogP contribution in [0.2, 0.25) is 0 Å². The Morgan fingerprint density at radius 2 is 1.91 bits per heavy atom. The van der Waals surface area contributed by atoms with E-state index in [0.29, 0.717) is 0 Å². The average Bonchev–Trinajstić information content (AvgIpc) is 2.51. The fourth-order valence-electron chi connectivity index (χ4n) is 2.16. The zero-order valence-corrected chi connectivity index (χ0v) is 14.2. The van der Waals surface area contributed by atoms with Crippen LogP contribution in [-0.2, 0) is 14.9 Å². The maximum Gasteiger partial charge on any atom is 0.407 e.